The van der Waals surface area contributed by atoms with Crippen LogP contribution in [0.5, 0.6) is 0 Å². The number of carboxylic acid groups (broad SMARTS) is 1. The van der Waals surface area contributed by atoms with Crippen LogP contribution in [0, 0.1) is 5.92 Å². The van der Waals surface area contributed by atoms with Crippen molar-refractivity contribution in [2.45, 2.75) is 168 Å². The van der Waals surface area contributed by atoms with Crippen LogP contribution in [0.4, 0.5) is 0 Å². The molecule has 0 bridgehead atoms. The first-order chi connectivity index (χ1) is 17.6. The van der Waals surface area contributed by atoms with Gasteiger partial charge in [0.05, 0.1) is 18.9 Å². The molecule has 0 aromatic carbocycles. The first-order valence-electron chi connectivity index (χ1n) is 15.6. The fourth-order valence-corrected chi connectivity index (χ4v) is 4.66. The zero-order chi connectivity index (χ0) is 26.5. The van der Waals surface area contributed by atoms with E-state index in [0.717, 1.165) is 32.1 Å². The second kappa shape index (κ2) is 28.3. The molecule has 0 saturated carbocycles. The Morgan fingerprint density at radius 2 is 1.03 bits per heavy atom. The van der Waals surface area contributed by atoms with E-state index in [1.54, 1.807) is 0 Å². The molecule has 0 aliphatic heterocycles. The fourth-order valence-electron chi connectivity index (χ4n) is 4.66. The molecule has 0 saturated heterocycles. The summed E-state index contributed by atoms with van der Waals surface area (Å²) >= 11 is 0. The van der Waals surface area contributed by atoms with E-state index in [1.165, 1.54) is 109 Å². The van der Waals surface area contributed by atoms with Gasteiger partial charge >= 0.3 is 11.9 Å². The molecule has 4 nitrogen and oxygen atoms in total. The van der Waals surface area contributed by atoms with Crippen LogP contribution >= 0.6 is 0 Å². The molecule has 0 rings (SSSR count). The topological polar surface area (TPSA) is 63.6 Å². The molecule has 212 valence electrons. The minimum absolute atomic E-state index is 0.00541. The summed E-state index contributed by atoms with van der Waals surface area (Å²) in [5, 5.41) is 9.31. The average Bonchev–Trinajstić information content (AvgIpc) is 2.87. The number of carbonyl (C=O) groups excluding carboxylic acids is 1. The summed E-state index contributed by atoms with van der Waals surface area (Å²) in [4.78, 5) is 23.0. The normalized spacial score (nSPS) is 12.3. The third kappa shape index (κ3) is 25.8. The van der Waals surface area contributed by atoms with Crippen molar-refractivity contribution in [3.8, 4) is 0 Å². The molecule has 4 heteroatoms. The molecule has 0 aliphatic carbocycles. The Hall–Kier alpha value is -1.32. The molecule has 0 aromatic heterocycles. The van der Waals surface area contributed by atoms with Crippen LogP contribution in [0.15, 0.2) is 12.2 Å². The van der Waals surface area contributed by atoms with Gasteiger partial charge in [-0.1, -0.05) is 135 Å². The number of carbonyl (C=O) groups is 2. The van der Waals surface area contributed by atoms with Crippen molar-refractivity contribution in [3.63, 3.8) is 0 Å². The SMILES string of the molecule is CCCCCCCCCCCCCCCCCC/C=C/CCCCCC(CC(=O)OCCC)C(=O)O. The van der Waals surface area contributed by atoms with Crippen LogP contribution in [0.2, 0.25) is 0 Å². The van der Waals surface area contributed by atoms with Gasteiger partial charge in [-0.05, 0) is 38.5 Å². The van der Waals surface area contributed by atoms with Crippen molar-refractivity contribution in [3.05, 3.63) is 12.2 Å². The molecule has 0 aromatic rings. The van der Waals surface area contributed by atoms with Crippen LogP contribution in [0.1, 0.15) is 168 Å². The number of aliphatic carboxylic acids is 1. The number of allylic oxidation sites excluding steroid dienone is 2. The fraction of sp³-hybridized carbons (Fsp3) is 0.875. The van der Waals surface area contributed by atoms with Gasteiger partial charge in [-0.2, -0.15) is 0 Å². The number of rotatable bonds is 28. The van der Waals surface area contributed by atoms with Gasteiger partial charge in [-0.3, -0.25) is 9.59 Å². The Balaban J connectivity index is 3.38. The van der Waals surface area contributed by atoms with Crippen molar-refractivity contribution < 1.29 is 19.4 Å². The lowest BCUT2D eigenvalue weighted by atomic mass is 9.97. The summed E-state index contributed by atoms with van der Waals surface area (Å²) in [6.45, 7) is 4.58. The monoisotopic (exact) mass is 508 g/mol. The van der Waals surface area contributed by atoms with Crippen LogP contribution in [0.25, 0.3) is 0 Å². The van der Waals surface area contributed by atoms with E-state index < -0.39 is 11.9 Å². The molecule has 0 heterocycles. The van der Waals surface area contributed by atoms with E-state index in [2.05, 4.69) is 19.1 Å². The van der Waals surface area contributed by atoms with Crippen molar-refractivity contribution in [2.75, 3.05) is 6.61 Å². The summed E-state index contributed by atoms with van der Waals surface area (Å²) in [7, 11) is 0. The van der Waals surface area contributed by atoms with Gasteiger partial charge in [0.25, 0.3) is 0 Å². The minimum Gasteiger partial charge on any atom is -0.481 e. The van der Waals surface area contributed by atoms with E-state index in [4.69, 9.17) is 4.74 Å². The Kier molecular flexibility index (Phi) is 27.2. The molecule has 0 amide bonds. The lowest BCUT2D eigenvalue weighted by Crippen LogP contribution is -2.19. The number of hydrogen-bond acceptors (Lipinski definition) is 3. The Morgan fingerprint density at radius 1 is 0.611 bits per heavy atom. The molecule has 1 unspecified atom stereocenters. The highest BCUT2D eigenvalue weighted by molar-refractivity contribution is 5.78. The maximum atomic E-state index is 11.7. The molecule has 0 radical (unpaired) electrons. The maximum Gasteiger partial charge on any atom is 0.307 e. The quantitative estimate of drug-likeness (QED) is 0.0648. The number of hydrogen-bond donors (Lipinski definition) is 1. The van der Waals surface area contributed by atoms with Crippen molar-refractivity contribution in [1.29, 1.82) is 0 Å². The molecule has 1 N–H and O–H groups in total. The van der Waals surface area contributed by atoms with E-state index >= 15 is 0 Å². The predicted molar refractivity (Wildman–Crippen MR) is 153 cm³/mol. The van der Waals surface area contributed by atoms with Gasteiger partial charge in [0, 0.05) is 0 Å². The Morgan fingerprint density at radius 3 is 1.44 bits per heavy atom. The van der Waals surface area contributed by atoms with E-state index in [1.807, 2.05) is 6.92 Å². The molecular weight excluding hydrogens is 448 g/mol. The summed E-state index contributed by atoms with van der Waals surface area (Å²) in [6, 6.07) is 0. The Labute approximate surface area is 224 Å². The second-order valence-corrected chi connectivity index (χ2v) is 10.7. The van der Waals surface area contributed by atoms with E-state index in [-0.39, 0.29) is 12.4 Å². The number of unbranched alkanes of at least 4 members (excludes halogenated alkanes) is 19. The third-order valence-corrected chi connectivity index (χ3v) is 7.04. The third-order valence-electron chi connectivity index (χ3n) is 7.04. The minimum atomic E-state index is -0.887. The first-order valence-corrected chi connectivity index (χ1v) is 15.6. The van der Waals surface area contributed by atoms with Crippen LogP contribution < -0.4 is 0 Å². The molecular formula is C32H60O4. The highest BCUT2D eigenvalue weighted by Crippen LogP contribution is 2.17. The van der Waals surface area contributed by atoms with Crippen molar-refractivity contribution in [1.82, 2.24) is 0 Å². The lowest BCUT2D eigenvalue weighted by molar-refractivity contribution is -0.151. The number of ether oxygens (including phenoxy) is 1. The van der Waals surface area contributed by atoms with E-state index in [9.17, 15) is 14.7 Å². The summed E-state index contributed by atoms with van der Waals surface area (Å²) in [5.74, 6) is -1.89. The van der Waals surface area contributed by atoms with Crippen molar-refractivity contribution in [2.24, 2.45) is 5.92 Å². The van der Waals surface area contributed by atoms with Gasteiger partial charge in [-0.25, -0.2) is 0 Å². The average molecular weight is 509 g/mol. The molecule has 0 fully saturated rings. The predicted octanol–water partition coefficient (Wildman–Crippen LogP) is 10.2. The summed E-state index contributed by atoms with van der Waals surface area (Å²) in [6.07, 6.45) is 33.7. The standard InChI is InChI=1S/C32H60O4/c1-3-5-6-7-8-9-10-11-12-13-14-15-16-17-18-19-20-21-22-23-24-25-26-27-30(32(34)35)29-31(33)36-28-4-2/h21-22,30H,3-20,23-29H2,1-2H3,(H,34,35)/b22-21+. The molecule has 0 spiro atoms. The van der Waals surface area contributed by atoms with Gasteiger partial charge in [0.2, 0.25) is 0 Å². The highest BCUT2D eigenvalue weighted by Gasteiger charge is 2.21. The molecule has 0 aliphatic rings. The van der Waals surface area contributed by atoms with E-state index in [0.29, 0.717) is 13.0 Å². The maximum absolute atomic E-state index is 11.7. The highest BCUT2D eigenvalue weighted by atomic mass is 16.5. The molecule has 36 heavy (non-hydrogen) atoms. The van der Waals surface area contributed by atoms with Gasteiger partial charge < -0.3 is 9.84 Å². The second-order valence-electron chi connectivity index (χ2n) is 10.7. The molecule has 1 atom stereocenters. The zero-order valence-corrected chi connectivity index (χ0v) is 24.1. The van der Waals surface area contributed by atoms with Crippen LogP contribution in [-0.2, 0) is 14.3 Å². The summed E-state index contributed by atoms with van der Waals surface area (Å²) in [5.41, 5.74) is 0. The van der Waals surface area contributed by atoms with Gasteiger partial charge in [0.1, 0.15) is 0 Å². The summed E-state index contributed by atoms with van der Waals surface area (Å²) < 4.78 is 5.01. The van der Waals surface area contributed by atoms with Gasteiger partial charge in [-0.15, -0.1) is 0 Å². The number of carboxylic acids is 1. The smallest absolute Gasteiger partial charge is 0.307 e. The van der Waals surface area contributed by atoms with Crippen molar-refractivity contribution >= 4 is 11.9 Å². The largest absolute Gasteiger partial charge is 0.481 e. The zero-order valence-electron chi connectivity index (χ0n) is 24.1. The number of esters is 1. The van der Waals surface area contributed by atoms with Crippen LogP contribution in [-0.4, -0.2) is 23.7 Å². The first kappa shape index (κ1) is 34.7. The van der Waals surface area contributed by atoms with Crippen LogP contribution in [0.3, 0.4) is 0 Å². The van der Waals surface area contributed by atoms with Gasteiger partial charge in [0.15, 0.2) is 0 Å². The Bertz CT molecular complexity index is 514. The lowest BCUT2D eigenvalue weighted by Gasteiger charge is -2.11.